The first kappa shape index (κ1) is 14.6. The highest BCUT2D eigenvalue weighted by Crippen LogP contribution is 2.20. The van der Waals surface area contributed by atoms with Crippen molar-refractivity contribution in [3.05, 3.63) is 35.6 Å². The van der Waals surface area contributed by atoms with Crippen molar-refractivity contribution in [3.63, 3.8) is 0 Å². The lowest BCUT2D eigenvalue weighted by Crippen LogP contribution is -2.45. The van der Waals surface area contributed by atoms with Gasteiger partial charge in [-0.2, -0.15) is 0 Å². The Morgan fingerprint density at radius 2 is 1.72 bits per heavy atom. The first-order valence-corrected chi connectivity index (χ1v) is 6.12. The molecule has 0 heterocycles. The number of nitrogens with two attached hydrogens (primary N) is 1. The van der Waals surface area contributed by atoms with Gasteiger partial charge in [0.15, 0.2) is 0 Å². The van der Waals surface area contributed by atoms with E-state index >= 15 is 0 Å². The number of halogens is 1. The molecule has 1 aromatic carbocycles. The molecule has 0 aliphatic carbocycles. The maximum atomic E-state index is 12.8. The molecule has 18 heavy (non-hydrogen) atoms. The van der Waals surface area contributed by atoms with Crippen LogP contribution in [0.4, 0.5) is 4.39 Å². The van der Waals surface area contributed by atoms with Crippen LogP contribution >= 0.6 is 0 Å². The molecule has 0 radical (unpaired) electrons. The molecule has 100 valence electrons. The van der Waals surface area contributed by atoms with Crippen LogP contribution in [0.5, 0.6) is 0 Å². The summed E-state index contributed by atoms with van der Waals surface area (Å²) < 4.78 is 12.8. The minimum Gasteiger partial charge on any atom is -0.338 e. The van der Waals surface area contributed by atoms with Crippen LogP contribution in [0, 0.1) is 11.7 Å². The van der Waals surface area contributed by atoms with E-state index in [1.807, 2.05) is 20.8 Å². The quantitative estimate of drug-likeness (QED) is 0.894. The zero-order chi connectivity index (χ0) is 13.9. The Bertz CT molecular complexity index is 403. The number of hydrogen-bond donors (Lipinski definition) is 1. The van der Waals surface area contributed by atoms with Crippen molar-refractivity contribution in [1.29, 1.82) is 0 Å². The van der Waals surface area contributed by atoms with Gasteiger partial charge in [0.05, 0.1) is 12.1 Å². The van der Waals surface area contributed by atoms with Gasteiger partial charge in [-0.3, -0.25) is 4.79 Å². The molecular weight excluding hydrogens is 231 g/mol. The lowest BCUT2D eigenvalue weighted by atomic mass is 10.0. The summed E-state index contributed by atoms with van der Waals surface area (Å²) in [5.74, 6) is -0.277. The van der Waals surface area contributed by atoms with E-state index < -0.39 is 6.04 Å². The second kappa shape index (κ2) is 5.96. The van der Waals surface area contributed by atoms with Crippen LogP contribution in [0.3, 0.4) is 0 Å². The molecule has 2 atom stereocenters. The SMILES string of the molecule is CC(C)C(N)C(=O)N(C)C(C)c1ccc(F)cc1. The topological polar surface area (TPSA) is 46.3 Å². The van der Waals surface area contributed by atoms with Gasteiger partial charge in [0.2, 0.25) is 5.91 Å². The highest BCUT2D eigenvalue weighted by molar-refractivity contribution is 5.82. The average Bonchev–Trinajstić information content (AvgIpc) is 2.36. The molecule has 0 aliphatic rings. The molecule has 0 aliphatic heterocycles. The van der Waals surface area contributed by atoms with Gasteiger partial charge in [-0.1, -0.05) is 26.0 Å². The fourth-order valence-corrected chi connectivity index (χ4v) is 1.68. The smallest absolute Gasteiger partial charge is 0.239 e. The molecule has 0 spiro atoms. The Morgan fingerprint density at radius 1 is 1.22 bits per heavy atom. The fourth-order valence-electron chi connectivity index (χ4n) is 1.68. The minimum absolute atomic E-state index is 0.0955. The molecule has 0 saturated carbocycles. The van der Waals surface area contributed by atoms with Crippen molar-refractivity contribution < 1.29 is 9.18 Å². The van der Waals surface area contributed by atoms with Gasteiger partial charge in [0.1, 0.15) is 5.82 Å². The Balaban J connectivity index is 2.80. The van der Waals surface area contributed by atoms with Crippen molar-refractivity contribution in [2.75, 3.05) is 7.05 Å². The molecule has 0 saturated heterocycles. The van der Waals surface area contributed by atoms with Gasteiger partial charge in [-0.15, -0.1) is 0 Å². The van der Waals surface area contributed by atoms with Crippen molar-refractivity contribution >= 4 is 5.91 Å². The van der Waals surface area contributed by atoms with Crippen LogP contribution in [-0.4, -0.2) is 23.9 Å². The highest BCUT2D eigenvalue weighted by atomic mass is 19.1. The van der Waals surface area contributed by atoms with Gasteiger partial charge in [-0.05, 0) is 30.5 Å². The van der Waals surface area contributed by atoms with Gasteiger partial charge in [-0.25, -0.2) is 4.39 Å². The third-order valence-corrected chi connectivity index (χ3v) is 3.28. The molecular formula is C14H21FN2O. The van der Waals surface area contributed by atoms with Gasteiger partial charge in [0, 0.05) is 7.05 Å². The van der Waals surface area contributed by atoms with Crippen LogP contribution in [0.25, 0.3) is 0 Å². The number of carbonyl (C=O) groups excluding carboxylic acids is 1. The van der Waals surface area contributed by atoms with E-state index in [0.29, 0.717) is 0 Å². The molecule has 1 amide bonds. The summed E-state index contributed by atoms with van der Waals surface area (Å²) in [6.07, 6.45) is 0. The van der Waals surface area contributed by atoms with Crippen LogP contribution < -0.4 is 5.73 Å². The second-order valence-electron chi connectivity index (χ2n) is 4.95. The number of likely N-dealkylation sites (N-methyl/N-ethyl adjacent to an activating group) is 1. The molecule has 0 aromatic heterocycles. The number of hydrogen-bond acceptors (Lipinski definition) is 2. The van der Waals surface area contributed by atoms with Crippen molar-refractivity contribution in [1.82, 2.24) is 4.90 Å². The largest absolute Gasteiger partial charge is 0.338 e. The first-order chi connectivity index (χ1) is 8.34. The number of carbonyl (C=O) groups is 1. The van der Waals surface area contributed by atoms with E-state index in [0.717, 1.165) is 5.56 Å². The lowest BCUT2D eigenvalue weighted by Gasteiger charge is -2.29. The predicted octanol–water partition coefficient (Wildman–Crippen LogP) is 2.33. The Morgan fingerprint density at radius 3 is 2.17 bits per heavy atom. The summed E-state index contributed by atoms with van der Waals surface area (Å²) in [5, 5.41) is 0. The summed E-state index contributed by atoms with van der Waals surface area (Å²) in [6.45, 7) is 5.73. The normalized spacial score (nSPS) is 14.4. The average molecular weight is 252 g/mol. The summed E-state index contributed by atoms with van der Waals surface area (Å²) in [6, 6.07) is 5.54. The van der Waals surface area contributed by atoms with Gasteiger partial charge in [0.25, 0.3) is 0 Å². The van der Waals surface area contributed by atoms with E-state index in [-0.39, 0.29) is 23.7 Å². The van der Waals surface area contributed by atoms with E-state index in [1.54, 1.807) is 24.1 Å². The van der Waals surface area contributed by atoms with Crippen molar-refractivity contribution in [2.24, 2.45) is 11.7 Å². The number of rotatable bonds is 4. The van der Waals surface area contributed by atoms with Crippen LogP contribution in [-0.2, 0) is 4.79 Å². The van der Waals surface area contributed by atoms with E-state index in [1.165, 1.54) is 12.1 Å². The molecule has 1 rings (SSSR count). The molecule has 2 unspecified atom stereocenters. The monoisotopic (exact) mass is 252 g/mol. The Kier molecular flexibility index (Phi) is 4.84. The Labute approximate surface area is 108 Å². The maximum Gasteiger partial charge on any atom is 0.239 e. The van der Waals surface area contributed by atoms with Crippen LogP contribution in [0.1, 0.15) is 32.4 Å². The molecule has 3 nitrogen and oxygen atoms in total. The summed E-state index contributed by atoms with van der Waals surface area (Å²) in [4.78, 5) is 13.7. The number of amides is 1. The van der Waals surface area contributed by atoms with Crippen molar-refractivity contribution in [3.8, 4) is 0 Å². The third kappa shape index (κ3) is 3.29. The fraction of sp³-hybridized carbons (Fsp3) is 0.500. The standard InChI is InChI=1S/C14H21FN2O/c1-9(2)13(16)14(18)17(4)10(3)11-5-7-12(15)8-6-11/h5-10,13H,16H2,1-4H3. The highest BCUT2D eigenvalue weighted by Gasteiger charge is 2.24. The van der Waals surface area contributed by atoms with Gasteiger partial charge < -0.3 is 10.6 Å². The zero-order valence-electron chi connectivity index (χ0n) is 11.4. The van der Waals surface area contributed by atoms with E-state index in [9.17, 15) is 9.18 Å². The Hall–Kier alpha value is -1.42. The number of nitrogens with zero attached hydrogens (tertiary/aromatic N) is 1. The summed E-state index contributed by atoms with van der Waals surface area (Å²) in [5.41, 5.74) is 6.74. The summed E-state index contributed by atoms with van der Waals surface area (Å²) in [7, 11) is 1.72. The van der Waals surface area contributed by atoms with Gasteiger partial charge >= 0.3 is 0 Å². The van der Waals surface area contributed by atoms with E-state index in [2.05, 4.69) is 0 Å². The van der Waals surface area contributed by atoms with E-state index in [4.69, 9.17) is 5.73 Å². The summed E-state index contributed by atoms with van der Waals surface area (Å²) >= 11 is 0. The van der Waals surface area contributed by atoms with Crippen LogP contribution in [0.2, 0.25) is 0 Å². The predicted molar refractivity (Wildman–Crippen MR) is 70.4 cm³/mol. The molecule has 0 bridgehead atoms. The first-order valence-electron chi connectivity index (χ1n) is 6.12. The van der Waals surface area contributed by atoms with Crippen LogP contribution in [0.15, 0.2) is 24.3 Å². The second-order valence-corrected chi connectivity index (χ2v) is 4.95. The minimum atomic E-state index is -0.502. The zero-order valence-corrected chi connectivity index (χ0v) is 11.4. The maximum absolute atomic E-state index is 12.8. The molecule has 1 aromatic rings. The molecule has 0 fully saturated rings. The molecule has 4 heteroatoms. The van der Waals surface area contributed by atoms with Crippen molar-refractivity contribution in [2.45, 2.75) is 32.9 Å². The number of benzene rings is 1. The third-order valence-electron chi connectivity index (χ3n) is 3.28. The molecule has 2 N–H and O–H groups in total. The lowest BCUT2D eigenvalue weighted by molar-refractivity contribution is -0.134.